The largest absolute Gasteiger partial charge is 0.393 e. The van der Waals surface area contributed by atoms with Gasteiger partial charge in [-0.3, -0.25) is 0 Å². The highest BCUT2D eigenvalue weighted by Gasteiger charge is 2.05. The molecule has 0 fully saturated rings. The third-order valence-corrected chi connectivity index (χ3v) is 2.58. The van der Waals surface area contributed by atoms with E-state index in [9.17, 15) is 5.11 Å². The van der Waals surface area contributed by atoms with Crippen LogP contribution < -0.4 is 0 Å². The summed E-state index contributed by atoms with van der Waals surface area (Å²) in [5.41, 5.74) is 1.98. The van der Waals surface area contributed by atoms with E-state index in [0.717, 1.165) is 16.3 Å². The summed E-state index contributed by atoms with van der Waals surface area (Å²) in [6.07, 6.45) is -0.782. The summed E-state index contributed by atoms with van der Waals surface area (Å²) in [7, 11) is 0. The highest BCUT2D eigenvalue weighted by molar-refractivity contribution is 5.83. The maximum absolute atomic E-state index is 9.49. The van der Waals surface area contributed by atoms with Gasteiger partial charge in [0.25, 0.3) is 0 Å². The molecule has 0 heterocycles. The first-order valence-corrected chi connectivity index (χ1v) is 5.00. The van der Waals surface area contributed by atoms with Gasteiger partial charge < -0.3 is 10.2 Å². The van der Waals surface area contributed by atoms with E-state index in [1.54, 1.807) is 0 Å². The van der Waals surface area contributed by atoms with Crippen LogP contribution in [-0.4, -0.2) is 16.8 Å². The van der Waals surface area contributed by atoms with Gasteiger partial charge in [0.15, 0.2) is 0 Å². The molecule has 2 N–H and O–H groups in total. The SMILES string of the molecule is Cc1ccc2cc([C@@H](O)CO)ccc2c1. The van der Waals surface area contributed by atoms with E-state index in [2.05, 4.69) is 13.0 Å². The van der Waals surface area contributed by atoms with Gasteiger partial charge in [-0.2, -0.15) is 0 Å². The van der Waals surface area contributed by atoms with E-state index < -0.39 is 6.10 Å². The molecule has 0 aliphatic heterocycles. The maximum atomic E-state index is 9.49. The van der Waals surface area contributed by atoms with E-state index >= 15 is 0 Å². The van der Waals surface area contributed by atoms with Crippen LogP contribution in [0.1, 0.15) is 17.2 Å². The zero-order chi connectivity index (χ0) is 10.8. The molecular formula is C13H14O2. The van der Waals surface area contributed by atoms with Gasteiger partial charge in [-0.25, -0.2) is 0 Å². The van der Waals surface area contributed by atoms with Crippen molar-refractivity contribution in [1.29, 1.82) is 0 Å². The molecule has 0 saturated carbocycles. The lowest BCUT2D eigenvalue weighted by atomic mass is 10.0. The Morgan fingerprint density at radius 1 is 1.07 bits per heavy atom. The predicted octanol–water partition coefficient (Wildman–Crippen LogP) is 2.17. The fourth-order valence-electron chi connectivity index (χ4n) is 1.70. The second-order valence-electron chi connectivity index (χ2n) is 3.81. The Balaban J connectivity index is 2.52. The topological polar surface area (TPSA) is 40.5 Å². The third-order valence-electron chi connectivity index (χ3n) is 2.58. The summed E-state index contributed by atoms with van der Waals surface area (Å²) < 4.78 is 0. The van der Waals surface area contributed by atoms with Crippen LogP contribution in [0.15, 0.2) is 36.4 Å². The lowest BCUT2D eigenvalue weighted by molar-refractivity contribution is 0.0957. The predicted molar refractivity (Wildman–Crippen MR) is 60.7 cm³/mol. The molecule has 0 bridgehead atoms. The Morgan fingerprint density at radius 3 is 2.47 bits per heavy atom. The highest BCUT2D eigenvalue weighted by Crippen LogP contribution is 2.21. The van der Waals surface area contributed by atoms with E-state index in [1.807, 2.05) is 30.3 Å². The van der Waals surface area contributed by atoms with Crippen LogP contribution in [0, 0.1) is 6.92 Å². The molecule has 0 amide bonds. The molecule has 0 radical (unpaired) electrons. The Labute approximate surface area is 88.8 Å². The first-order valence-electron chi connectivity index (χ1n) is 5.00. The Bertz CT molecular complexity index is 477. The number of hydrogen-bond donors (Lipinski definition) is 2. The number of benzene rings is 2. The molecule has 0 spiro atoms. The molecule has 0 aliphatic carbocycles. The van der Waals surface area contributed by atoms with Crippen LogP contribution in [0.25, 0.3) is 10.8 Å². The lowest BCUT2D eigenvalue weighted by Gasteiger charge is -2.08. The fourth-order valence-corrected chi connectivity index (χ4v) is 1.70. The van der Waals surface area contributed by atoms with Crippen molar-refractivity contribution in [2.45, 2.75) is 13.0 Å². The summed E-state index contributed by atoms with van der Waals surface area (Å²) in [5.74, 6) is 0. The van der Waals surface area contributed by atoms with Crippen LogP contribution >= 0.6 is 0 Å². The van der Waals surface area contributed by atoms with Gasteiger partial charge in [-0.05, 0) is 29.3 Å². The van der Waals surface area contributed by atoms with Crippen molar-refractivity contribution in [1.82, 2.24) is 0 Å². The van der Waals surface area contributed by atoms with Gasteiger partial charge in [-0.15, -0.1) is 0 Å². The van der Waals surface area contributed by atoms with Crippen LogP contribution in [-0.2, 0) is 0 Å². The Hall–Kier alpha value is -1.38. The van der Waals surface area contributed by atoms with Gasteiger partial charge in [0.05, 0.1) is 6.61 Å². The molecule has 2 heteroatoms. The molecule has 2 nitrogen and oxygen atoms in total. The molecule has 78 valence electrons. The van der Waals surface area contributed by atoms with E-state index in [-0.39, 0.29) is 6.61 Å². The average molecular weight is 202 g/mol. The number of rotatable bonds is 2. The standard InChI is InChI=1S/C13H14O2/c1-9-2-3-11-7-12(13(15)8-14)5-4-10(11)6-9/h2-7,13-15H,8H2,1H3/t13-/m0/s1. The Morgan fingerprint density at radius 2 is 1.73 bits per heavy atom. The van der Waals surface area contributed by atoms with E-state index in [1.165, 1.54) is 5.56 Å². The first kappa shape index (κ1) is 10.1. The molecule has 1 atom stereocenters. The normalized spacial score (nSPS) is 13.0. The quantitative estimate of drug-likeness (QED) is 0.783. The molecule has 2 aromatic rings. The number of fused-ring (bicyclic) bond motifs is 1. The number of aliphatic hydroxyl groups is 2. The fraction of sp³-hybridized carbons (Fsp3) is 0.231. The second-order valence-corrected chi connectivity index (χ2v) is 3.81. The van der Waals surface area contributed by atoms with Gasteiger partial charge in [0, 0.05) is 0 Å². The molecule has 2 rings (SSSR count). The average Bonchev–Trinajstić information content (AvgIpc) is 2.27. The maximum Gasteiger partial charge on any atom is 0.102 e. The minimum Gasteiger partial charge on any atom is -0.393 e. The minimum absolute atomic E-state index is 0.239. The van der Waals surface area contributed by atoms with Crippen LogP contribution in [0.4, 0.5) is 0 Å². The Kier molecular flexibility index (Phi) is 2.71. The van der Waals surface area contributed by atoms with Crippen LogP contribution in [0.3, 0.4) is 0 Å². The van der Waals surface area contributed by atoms with Crippen molar-refractivity contribution >= 4 is 10.8 Å². The van der Waals surface area contributed by atoms with Gasteiger partial charge in [-0.1, -0.05) is 35.9 Å². The number of hydrogen-bond acceptors (Lipinski definition) is 2. The van der Waals surface area contributed by atoms with Gasteiger partial charge in [0.2, 0.25) is 0 Å². The monoisotopic (exact) mass is 202 g/mol. The first-order chi connectivity index (χ1) is 7.20. The lowest BCUT2D eigenvalue weighted by Crippen LogP contribution is -2.01. The number of aliphatic hydroxyl groups excluding tert-OH is 2. The molecule has 0 unspecified atom stereocenters. The molecular weight excluding hydrogens is 188 g/mol. The molecule has 0 saturated heterocycles. The molecule has 15 heavy (non-hydrogen) atoms. The summed E-state index contributed by atoms with van der Waals surface area (Å²) in [6, 6.07) is 11.9. The van der Waals surface area contributed by atoms with Crippen LogP contribution in [0.2, 0.25) is 0 Å². The van der Waals surface area contributed by atoms with E-state index in [0.29, 0.717) is 0 Å². The van der Waals surface area contributed by atoms with Crippen molar-refractivity contribution in [2.75, 3.05) is 6.61 Å². The summed E-state index contributed by atoms with van der Waals surface area (Å²) in [6.45, 7) is 1.81. The molecule has 0 aromatic heterocycles. The van der Waals surface area contributed by atoms with Gasteiger partial charge >= 0.3 is 0 Å². The second kappa shape index (κ2) is 4.01. The van der Waals surface area contributed by atoms with Gasteiger partial charge in [0.1, 0.15) is 6.10 Å². The zero-order valence-electron chi connectivity index (χ0n) is 8.64. The molecule has 2 aromatic carbocycles. The van der Waals surface area contributed by atoms with Crippen molar-refractivity contribution in [2.24, 2.45) is 0 Å². The summed E-state index contributed by atoms with van der Waals surface area (Å²) in [4.78, 5) is 0. The smallest absolute Gasteiger partial charge is 0.102 e. The molecule has 0 aliphatic rings. The summed E-state index contributed by atoms with van der Waals surface area (Å²) >= 11 is 0. The van der Waals surface area contributed by atoms with Crippen LogP contribution in [0.5, 0.6) is 0 Å². The highest BCUT2D eigenvalue weighted by atomic mass is 16.3. The van der Waals surface area contributed by atoms with Crippen molar-refractivity contribution in [3.8, 4) is 0 Å². The third kappa shape index (κ3) is 2.01. The van der Waals surface area contributed by atoms with Crippen molar-refractivity contribution in [3.05, 3.63) is 47.5 Å². The summed E-state index contributed by atoms with van der Waals surface area (Å²) in [5, 5.41) is 20.6. The van der Waals surface area contributed by atoms with Crippen molar-refractivity contribution in [3.63, 3.8) is 0 Å². The van der Waals surface area contributed by atoms with Crippen molar-refractivity contribution < 1.29 is 10.2 Å². The minimum atomic E-state index is -0.782. The zero-order valence-corrected chi connectivity index (χ0v) is 8.64. The number of aryl methyl sites for hydroxylation is 1. The van der Waals surface area contributed by atoms with E-state index in [4.69, 9.17) is 5.11 Å².